The van der Waals surface area contributed by atoms with Gasteiger partial charge in [0.05, 0.1) is 5.56 Å². The van der Waals surface area contributed by atoms with Gasteiger partial charge in [0.15, 0.2) is 0 Å². The van der Waals surface area contributed by atoms with E-state index in [0.717, 1.165) is 12.8 Å². The molecular formula is C14H17N3O4. The van der Waals surface area contributed by atoms with Crippen LogP contribution in [0.3, 0.4) is 0 Å². The number of carbonyl (C=O) groups excluding carboxylic acids is 2. The number of carboxylic acid groups (broad SMARTS) is 1. The van der Waals surface area contributed by atoms with Crippen LogP contribution in [0.2, 0.25) is 0 Å². The average Bonchev–Trinajstić information content (AvgIpc) is 2.46. The highest BCUT2D eigenvalue weighted by Crippen LogP contribution is 2.14. The number of hydrogen-bond acceptors (Lipinski definition) is 4. The fourth-order valence-corrected chi connectivity index (χ4v) is 2.40. The molecule has 1 saturated heterocycles. The Morgan fingerprint density at radius 3 is 2.71 bits per heavy atom. The molecule has 2 amide bonds. The maximum Gasteiger partial charge on any atom is 0.354 e. The van der Waals surface area contributed by atoms with Crippen LogP contribution in [0.1, 0.15) is 40.6 Å². The van der Waals surface area contributed by atoms with Crippen molar-refractivity contribution in [2.45, 2.75) is 25.8 Å². The average molecular weight is 291 g/mol. The molecule has 1 aromatic rings. The van der Waals surface area contributed by atoms with Crippen LogP contribution in [0.5, 0.6) is 0 Å². The van der Waals surface area contributed by atoms with E-state index < -0.39 is 5.97 Å². The van der Waals surface area contributed by atoms with Crippen molar-refractivity contribution in [3.63, 3.8) is 0 Å². The highest BCUT2D eigenvalue weighted by Gasteiger charge is 2.25. The van der Waals surface area contributed by atoms with E-state index in [1.807, 2.05) is 0 Å². The second-order valence-corrected chi connectivity index (χ2v) is 5.03. The Balaban J connectivity index is 2.04. The third-order valence-electron chi connectivity index (χ3n) is 3.35. The van der Waals surface area contributed by atoms with E-state index in [4.69, 9.17) is 5.11 Å². The fraction of sp³-hybridized carbons (Fsp3) is 0.429. The molecule has 7 heteroatoms. The lowest BCUT2D eigenvalue weighted by Gasteiger charge is -2.33. The van der Waals surface area contributed by atoms with Gasteiger partial charge < -0.3 is 15.3 Å². The van der Waals surface area contributed by atoms with Crippen molar-refractivity contribution in [1.29, 1.82) is 0 Å². The topological polar surface area (TPSA) is 99.6 Å². The summed E-state index contributed by atoms with van der Waals surface area (Å²) in [5.74, 6) is -1.44. The molecule has 0 aromatic carbocycles. The third-order valence-corrected chi connectivity index (χ3v) is 3.35. The molecule has 7 nitrogen and oxygen atoms in total. The van der Waals surface area contributed by atoms with Gasteiger partial charge in [-0.3, -0.25) is 9.59 Å². The summed E-state index contributed by atoms with van der Waals surface area (Å²) in [6.07, 6.45) is 2.94. The van der Waals surface area contributed by atoms with Crippen molar-refractivity contribution in [3.05, 3.63) is 29.6 Å². The molecule has 0 spiro atoms. The number of aromatic carboxylic acids is 1. The molecule has 1 aliphatic heterocycles. The predicted molar refractivity (Wildman–Crippen MR) is 73.9 cm³/mol. The molecule has 1 aromatic heterocycles. The third kappa shape index (κ3) is 3.77. The number of rotatable bonds is 3. The largest absolute Gasteiger partial charge is 0.477 e. The van der Waals surface area contributed by atoms with Crippen molar-refractivity contribution >= 4 is 17.8 Å². The molecule has 0 bridgehead atoms. The van der Waals surface area contributed by atoms with Crippen LogP contribution < -0.4 is 5.32 Å². The lowest BCUT2D eigenvalue weighted by atomic mass is 10.0. The minimum absolute atomic E-state index is 0.0357. The molecular weight excluding hydrogens is 274 g/mol. The van der Waals surface area contributed by atoms with Crippen molar-refractivity contribution in [3.8, 4) is 0 Å². The smallest absolute Gasteiger partial charge is 0.354 e. The molecule has 1 unspecified atom stereocenters. The van der Waals surface area contributed by atoms with Crippen LogP contribution >= 0.6 is 0 Å². The molecule has 21 heavy (non-hydrogen) atoms. The number of carboxylic acids is 1. The van der Waals surface area contributed by atoms with Crippen LogP contribution in [-0.2, 0) is 4.79 Å². The number of pyridine rings is 1. The van der Waals surface area contributed by atoms with Gasteiger partial charge in [-0.05, 0) is 25.0 Å². The van der Waals surface area contributed by atoms with E-state index in [0.29, 0.717) is 18.7 Å². The zero-order valence-electron chi connectivity index (χ0n) is 11.7. The van der Waals surface area contributed by atoms with Gasteiger partial charge in [-0.15, -0.1) is 0 Å². The van der Waals surface area contributed by atoms with Crippen LogP contribution in [0.15, 0.2) is 18.3 Å². The Hall–Kier alpha value is -2.44. The molecule has 0 saturated carbocycles. The number of nitrogens with zero attached hydrogens (tertiary/aromatic N) is 2. The molecule has 0 aliphatic carbocycles. The van der Waals surface area contributed by atoms with Crippen LogP contribution in [0.25, 0.3) is 0 Å². The Kier molecular flexibility index (Phi) is 4.52. The molecule has 112 valence electrons. The Labute approximate surface area is 122 Å². The lowest BCUT2D eigenvalue weighted by molar-refractivity contribution is -0.120. The number of piperidine rings is 1. The summed E-state index contributed by atoms with van der Waals surface area (Å²) in [6.45, 7) is 2.53. The van der Waals surface area contributed by atoms with Gasteiger partial charge >= 0.3 is 5.97 Å². The summed E-state index contributed by atoms with van der Waals surface area (Å²) in [5.41, 5.74) is 0.254. The first-order chi connectivity index (χ1) is 9.97. The Bertz CT molecular complexity index is 556. The highest BCUT2D eigenvalue weighted by atomic mass is 16.4. The SMILES string of the molecule is CC(=O)NC1CCCN(C(=O)c2ccc(C(=O)O)nc2)C1. The predicted octanol–water partition coefficient (Wildman–Crippen LogP) is 0.521. The molecule has 0 radical (unpaired) electrons. The number of nitrogens with one attached hydrogen (secondary N) is 1. The van der Waals surface area contributed by atoms with Gasteiger partial charge in [0.1, 0.15) is 5.69 Å². The standard InChI is InChI=1S/C14H17N3O4/c1-9(18)16-11-3-2-6-17(8-11)13(19)10-4-5-12(14(20)21)15-7-10/h4-5,7,11H,2-3,6,8H2,1H3,(H,16,18)(H,20,21). The Morgan fingerprint density at radius 2 is 2.14 bits per heavy atom. The molecule has 2 rings (SSSR count). The molecule has 1 aliphatic rings. The number of carbonyl (C=O) groups is 3. The first-order valence-corrected chi connectivity index (χ1v) is 6.73. The van der Waals surface area contributed by atoms with Gasteiger partial charge in [-0.1, -0.05) is 0 Å². The second-order valence-electron chi connectivity index (χ2n) is 5.03. The number of amides is 2. The summed E-state index contributed by atoms with van der Waals surface area (Å²) in [6, 6.07) is 2.73. The van der Waals surface area contributed by atoms with E-state index in [9.17, 15) is 14.4 Å². The van der Waals surface area contributed by atoms with Crippen LogP contribution in [-0.4, -0.2) is 51.9 Å². The number of likely N-dealkylation sites (tertiary alicyclic amines) is 1. The van der Waals surface area contributed by atoms with Crippen molar-refractivity contribution in [2.75, 3.05) is 13.1 Å². The zero-order valence-corrected chi connectivity index (χ0v) is 11.7. The first kappa shape index (κ1) is 15.0. The van der Waals surface area contributed by atoms with E-state index in [-0.39, 0.29) is 23.6 Å². The van der Waals surface area contributed by atoms with E-state index in [2.05, 4.69) is 10.3 Å². The maximum absolute atomic E-state index is 12.3. The summed E-state index contributed by atoms with van der Waals surface area (Å²) in [4.78, 5) is 39.5. The molecule has 2 heterocycles. The number of hydrogen-bond donors (Lipinski definition) is 2. The summed E-state index contributed by atoms with van der Waals surface area (Å²) >= 11 is 0. The first-order valence-electron chi connectivity index (χ1n) is 6.73. The van der Waals surface area contributed by atoms with E-state index in [1.54, 1.807) is 4.90 Å². The Morgan fingerprint density at radius 1 is 1.38 bits per heavy atom. The summed E-state index contributed by atoms with van der Waals surface area (Å²) in [7, 11) is 0. The highest BCUT2D eigenvalue weighted by molar-refractivity contribution is 5.95. The van der Waals surface area contributed by atoms with Gasteiger partial charge in [-0.2, -0.15) is 0 Å². The minimum atomic E-state index is -1.13. The monoisotopic (exact) mass is 291 g/mol. The summed E-state index contributed by atoms with van der Waals surface area (Å²) in [5, 5.41) is 11.6. The zero-order chi connectivity index (χ0) is 15.4. The van der Waals surface area contributed by atoms with E-state index >= 15 is 0 Å². The maximum atomic E-state index is 12.3. The summed E-state index contributed by atoms with van der Waals surface area (Å²) < 4.78 is 0. The van der Waals surface area contributed by atoms with Crippen molar-refractivity contribution < 1.29 is 19.5 Å². The van der Waals surface area contributed by atoms with Crippen LogP contribution in [0, 0.1) is 0 Å². The van der Waals surface area contributed by atoms with Gasteiger partial charge in [-0.25, -0.2) is 9.78 Å². The van der Waals surface area contributed by atoms with Gasteiger partial charge in [0.25, 0.3) is 5.91 Å². The van der Waals surface area contributed by atoms with Crippen molar-refractivity contribution in [2.24, 2.45) is 0 Å². The normalized spacial score (nSPS) is 18.1. The molecule has 1 fully saturated rings. The minimum Gasteiger partial charge on any atom is -0.477 e. The molecule has 1 atom stereocenters. The molecule has 2 N–H and O–H groups in total. The van der Waals surface area contributed by atoms with Crippen molar-refractivity contribution in [1.82, 2.24) is 15.2 Å². The fourth-order valence-electron chi connectivity index (χ4n) is 2.40. The van der Waals surface area contributed by atoms with Gasteiger partial charge in [0, 0.05) is 32.3 Å². The van der Waals surface area contributed by atoms with E-state index in [1.165, 1.54) is 25.3 Å². The number of aromatic nitrogens is 1. The van der Waals surface area contributed by atoms with Crippen LogP contribution in [0.4, 0.5) is 0 Å². The van der Waals surface area contributed by atoms with Gasteiger partial charge in [0.2, 0.25) is 5.91 Å². The lowest BCUT2D eigenvalue weighted by Crippen LogP contribution is -2.49. The second kappa shape index (κ2) is 6.34. The quantitative estimate of drug-likeness (QED) is 0.845.